The molecule has 102 valence electrons. The largest absolute Gasteiger partial charge is 0.382 e. The lowest BCUT2D eigenvalue weighted by Gasteiger charge is -2.21. The fourth-order valence-electron chi connectivity index (χ4n) is 2.05. The molecule has 0 aliphatic rings. The molecule has 2 unspecified atom stereocenters. The van der Waals surface area contributed by atoms with Crippen molar-refractivity contribution in [3.8, 4) is 0 Å². The van der Waals surface area contributed by atoms with Gasteiger partial charge in [-0.15, -0.1) is 0 Å². The highest BCUT2D eigenvalue weighted by Gasteiger charge is 2.15. The Morgan fingerprint density at radius 2 is 2.17 bits per heavy atom. The van der Waals surface area contributed by atoms with Crippen molar-refractivity contribution in [3.05, 3.63) is 35.6 Å². The summed E-state index contributed by atoms with van der Waals surface area (Å²) in [4.78, 5) is 0. The minimum atomic E-state index is -0.168. The molecule has 0 radical (unpaired) electrons. The molecule has 0 amide bonds. The molecule has 18 heavy (non-hydrogen) atoms. The molecule has 0 saturated carbocycles. The third-order valence-corrected chi connectivity index (χ3v) is 3.16. The van der Waals surface area contributed by atoms with E-state index in [1.54, 1.807) is 19.2 Å². The number of nitrogens with one attached hydrogen (secondary N) is 1. The van der Waals surface area contributed by atoms with Crippen molar-refractivity contribution in [1.82, 2.24) is 5.32 Å². The minimum absolute atomic E-state index is 0.168. The van der Waals surface area contributed by atoms with Gasteiger partial charge in [-0.05, 0) is 49.9 Å². The summed E-state index contributed by atoms with van der Waals surface area (Å²) in [7, 11) is 1.72. The average Bonchev–Trinajstić information content (AvgIpc) is 2.37. The van der Waals surface area contributed by atoms with Crippen molar-refractivity contribution < 1.29 is 9.13 Å². The van der Waals surface area contributed by atoms with E-state index in [1.807, 2.05) is 13.0 Å². The molecule has 0 spiro atoms. The molecular weight excluding hydrogens is 229 g/mol. The maximum absolute atomic E-state index is 13.3. The summed E-state index contributed by atoms with van der Waals surface area (Å²) in [5, 5.41) is 3.40. The molecule has 0 aliphatic heterocycles. The van der Waals surface area contributed by atoms with Crippen molar-refractivity contribution in [1.29, 1.82) is 0 Å². The summed E-state index contributed by atoms with van der Waals surface area (Å²) in [5.41, 5.74) is 1.04. The topological polar surface area (TPSA) is 21.3 Å². The van der Waals surface area contributed by atoms with Gasteiger partial charge in [-0.3, -0.25) is 0 Å². The van der Waals surface area contributed by atoms with Crippen molar-refractivity contribution in [2.45, 2.75) is 38.7 Å². The molecule has 1 N–H and O–H groups in total. The summed E-state index contributed by atoms with van der Waals surface area (Å²) < 4.78 is 18.6. The number of rotatable bonds is 8. The molecule has 1 aromatic carbocycles. The van der Waals surface area contributed by atoms with E-state index < -0.39 is 0 Å². The molecule has 0 aromatic heterocycles. The van der Waals surface area contributed by atoms with Crippen LogP contribution in [-0.2, 0) is 4.74 Å². The molecule has 0 saturated heterocycles. The van der Waals surface area contributed by atoms with Crippen LogP contribution in [0, 0.1) is 5.82 Å². The molecule has 2 atom stereocenters. The highest BCUT2D eigenvalue weighted by Crippen LogP contribution is 2.22. The molecular formula is C15H24FNO. The van der Waals surface area contributed by atoms with Gasteiger partial charge in [-0.2, -0.15) is 0 Å². The molecule has 1 rings (SSSR count). The summed E-state index contributed by atoms with van der Waals surface area (Å²) in [5.74, 6) is 0.125. The second-order valence-corrected chi connectivity index (χ2v) is 4.74. The normalized spacial score (nSPS) is 14.4. The quantitative estimate of drug-likeness (QED) is 0.717. The number of methoxy groups -OCH3 is 1. The van der Waals surface area contributed by atoms with Crippen LogP contribution in [0.15, 0.2) is 24.3 Å². The van der Waals surface area contributed by atoms with E-state index in [0.29, 0.717) is 5.92 Å². The van der Waals surface area contributed by atoms with Gasteiger partial charge in [0.1, 0.15) is 5.82 Å². The highest BCUT2D eigenvalue weighted by molar-refractivity contribution is 5.21. The van der Waals surface area contributed by atoms with Gasteiger partial charge in [-0.1, -0.05) is 19.1 Å². The van der Waals surface area contributed by atoms with Gasteiger partial charge < -0.3 is 10.1 Å². The summed E-state index contributed by atoms with van der Waals surface area (Å²) in [6, 6.07) is 6.87. The molecule has 2 nitrogen and oxygen atoms in total. The molecule has 0 heterocycles. The Hall–Kier alpha value is -0.930. The van der Waals surface area contributed by atoms with Crippen LogP contribution in [0.1, 0.15) is 38.2 Å². The van der Waals surface area contributed by atoms with Gasteiger partial charge in [-0.25, -0.2) is 4.39 Å². The van der Waals surface area contributed by atoms with Gasteiger partial charge in [0.15, 0.2) is 0 Å². The lowest BCUT2D eigenvalue weighted by atomic mass is 9.93. The standard InChI is InChI=1S/C15H24FNO/c1-4-8-17-11-14(9-12(2)18-3)13-6-5-7-15(16)10-13/h5-7,10,12,14,17H,4,8-9,11H2,1-3H3. The van der Waals surface area contributed by atoms with Gasteiger partial charge in [0.05, 0.1) is 6.10 Å². The summed E-state index contributed by atoms with van der Waals surface area (Å²) in [6.07, 6.45) is 2.19. The highest BCUT2D eigenvalue weighted by atomic mass is 19.1. The molecule has 0 fully saturated rings. The van der Waals surface area contributed by atoms with Crippen LogP contribution in [0.2, 0.25) is 0 Å². The van der Waals surface area contributed by atoms with Gasteiger partial charge in [0, 0.05) is 13.7 Å². The zero-order valence-electron chi connectivity index (χ0n) is 11.6. The molecule has 0 aliphatic carbocycles. The monoisotopic (exact) mass is 253 g/mol. The Labute approximate surface area is 110 Å². The van der Waals surface area contributed by atoms with Crippen LogP contribution in [-0.4, -0.2) is 26.3 Å². The van der Waals surface area contributed by atoms with Crippen molar-refractivity contribution in [3.63, 3.8) is 0 Å². The number of benzene rings is 1. The molecule has 3 heteroatoms. The third-order valence-electron chi connectivity index (χ3n) is 3.16. The lowest BCUT2D eigenvalue weighted by molar-refractivity contribution is 0.104. The van der Waals surface area contributed by atoms with E-state index in [0.717, 1.165) is 31.5 Å². The average molecular weight is 253 g/mol. The first-order chi connectivity index (χ1) is 8.67. The predicted octanol–water partition coefficient (Wildman–Crippen LogP) is 3.33. The lowest BCUT2D eigenvalue weighted by Crippen LogP contribution is -2.25. The van der Waals surface area contributed by atoms with Crippen LogP contribution in [0.25, 0.3) is 0 Å². The van der Waals surface area contributed by atoms with Gasteiger partial charge in [0.2, 0.25) is 0 Å². The van der Waals surface area contributed by atoms with Crippen LogP contribution in [0.5, 0.6) is 0 Å². The van der Waals surface area contributed by atoms with E-state index in [-0.39, 0.29) is 11.9 Å². The first-order valence-corrected chi connectivity index (χ1v) is 6.66. The molecule has 1 aromatic rings. The van der Waals surface area contributed by atoms with Crippen LogP contribution >= 0.6 is 0 Å². The Morgan fingerprint density at radius 3 is 2.78 bits per heavy atom. The van der Waals surface area contributed by atoms with E-state index >= 15 is 0 Å². The zero-order valence-corrected chi connectivity index (χ0v) is 11.6. The Morgan fingerprint density at radius 1 is 1.39 bits per heavy atom. The second kappa shape index (κ2) is 8.22. The zero-order chi connectivity index (χ0) is 13.4. The maximum Gasteiger partial charge on any atom is 0.123 e. The van der Waals surface area contributed by atoms with E-state index in [1.165, 1.54) is 6.07 Å². The van der Waals surface area contributed by atoms with E-state index in [2.05, 4.69) is 12.2 Å². The van der Waals surface area contributed by atoms with Crippen LogP contribution in [0.4, 0.5) is 4.39 Å². The predicted molar refractivity (Wildman–Crippen MR) is 73.4 cm³/mol. The number of halogens is 1. The second-order valence-electron chi connectivity index (χ2n) is 4.74. The molecule has 0 bridgehead atoms. The van der Waals surface area contributed by atoms with Crippen molar-refractivity contribution in [2.24, 2.45) is 0 Å². The van der Waals surface area contributed by atoms with Gasteiger partial charge in [0.25, 0.3) is 0 Å². The Bertz CT molecular complexity index is 343. The third kappa shape index (κ3) is 5.15. The van der Waals surface area contributed by atoms with Gasteiger partial charge >= 0.3 is 0 Å². The smallest absolute Gasteiger partial charge is 0.123 e. The first-order valence-electron chi connectivity index (χ1n) is 6.66. The number of hydrogen-bond acceptors (Lipinski definition) is 2. The van der Waals surface area contributed by atoms with E-state index in [9.17, 15) is 4.39 Å². The number of hydrogen-bond donors (Lipinski definition) is 1. The summed E-state index contributed by atoms with van der Waals surface area (Å²) >= 11 is 0. The Balaban J connectivity index is 2.69. The minimum Gasteiger partial charge on any atom is -0.382 e. The van der Waals surface area contributed by atoms with Crippen molar-refractivity contribution in [2.75, 3.05) is 20.2 Å². The fraction of sp³-hybridized carbons (Fsp3) is 0.600. The number of ether oxygens (including phenoxy) is 1. The maximum atomic E-state index is 13.3. The van der Waals surface area contributed by atoms with E-state index in [4.69, 9.17) is 4.74 Å². The Kier molecular flexibility index (Phi) is 6.91. The first kappa shape index (κ1) is 15.1. The fourth-order valence-corrected chi connectivity index (χ4v) is 2.05. The van der Waals surface area contributed by atoms with Crippen LogP contribution in [0.3, 0.4) is 0 Å². The summed E-state index contributed by atoms with van der Waals surface area (Å²) in [6.45, 7) is 6.05. The van der Waals surface area contributed by atoms with Crippen LogP contribution < -0.4 is 5.32 Å². The van der Waals surface area contributed by atoms with Crippen molar-refractivity contribution >= 4 is 0 Å². The SMILES string of the molecule is CCCNCC(CC(C)OC)c1cccc(F)c1.